The van der Waals surface area contributed by atoms with E-state index < -0.39 is 10.0 Å². The van der Waals surface area contributed by atoms with Gasteiger partial charge in [-0.2, -0.15) is 0 Å². The number of sulfonamides is 1. The minimum absolute atomic E-state index is 0. The summed E-state index contributed by atoms with van der Waals surface area (Å²) in [4.78, 5) is 7.69. The number of benzene rings is 3. The molecule has 0 aliphatic heterocycles. The Morgan fingerprint density at radius 1 is 0.926 bits per heavy atom. The molecule has 4 aromatic rings. The Kier molecular flexibility index (Phi) is 6.33. The zero-order valence-corrected chi connectivity index (χ0v) is 16.5. The molecule has 0 bridgehead atoms. The first-order chi connectivity index (χ1) is 12.0. The first-order valence-corrected chi connectivity index (χ1v) is 9.23. The van der Waals surface area contributed by atoms with Crippen LogP contribution in [-0.4, -0.2) is 18.4 Å². The van der Waals surface area contributed by atoms with Crippen molar-refractivity contribution >= 4 is 62.3 Å². The molecule has 0 fully saturated rings. The summed E-state index contributed by atoms with van der Waals surface area (Å²) in [5, 5.41) is 1.31. The van der Waals surface area contributed by atoms with E-state index in [1.54, 1.807) is 30.3 Å². The summed E-state index contributed by atoms with van der Waals surface area (Å²) in [5.74, 6) is 0.560. The topological polar surface area (TPSA) is 101 Å². The van der Waals surface area contributed by atoms with Gasteiger partial charge in [0.25, 0.3) is 0 Å². The van der Waals surface area contributed by atoms with Crippen molar-refractivity contribution in [3.63, 3.8) is 0 Å². The Balaban J connectivity index is 0.00000131. The van der Waals surface area contributed by atoms with Gasteiger partial charge in [0.2, 0.25) is 10.0 Å². The van der Waals surface area contributed by atoms with Crippen LogP contribution in [0.1, 0.15) is 5.82 Å². The SMILES string of the molecule is Cl.Cl.Nc1cccc2c(S(=O)(=O)NCc3nc4ccccc4[nH]3)cccc12. The molecule has 1 aromatic heterocycles. The molecule has 27 heavy (non-hydrogen) atoms. The van der Waals surface area contributed by atoms with E-state index in [2.05, 4.69) is 14.7 Å². The van der Waals surface area contributed by atoms with Crippen LogP contribution < -0.4 is 10.5 Å². The second-order valence-electron chi connectivity index (χ2n) is 5.72. The Morgan fingerprint density at radius 3 is 2.41 bits per heavy atom. The van der Waals surface area contributed by atoms with E-state index in [1.165, 1.54) is 0 Å². The lowest BCUT2D eigenvalue weighted by molar-refractivity contribution is 0.580. The molecule has 142 valence electrons. The third-order valence-corrected chi connectivity index (χ3v) is 5.53. The minimum Gasteiger partial charge on any atom is -0.398 e. The molecule has 0 aliphatic carbocycles. The predicted octanol–water partition coefficient (Wildman–Crippen LogP) is 3.62. The van der Waals surface area contributed by atoms with Crippen LogP contribution in [0.5, 0.6) is 0 Å². The van der Waals surface area contributed by atoms with Gasteiger partial charge in [-0.25, -0.2) is 18.1 Å². The fraction of sp³-hybridized carbons (Fsp3) is 0.0556. The highest BCUT2D eigenvalue weighted by molar-refractivity contribution is 7.89. The fourth-order valence-electron chi connectivity index (χ4n) is 2.87. The maximum absolute atomic E-state index is 12.8. The minimum atomic E-state index is -3.70. The van der Waals surface area contributed by atoms with Crippen molar-refractivity contribution in [3.8, 4) is 0 Å². The van der Waals surface area contributed by atoms with Gasteiger partial charge >= 0.3 is 0 Å². The predicted molar refractivity (Wildman–Crippen MR) is 113 cm³/mol. The fourth-order valence-corrected chi connectivity index (χ4v) is 4.08. The molecule has 0 unspecified atom stereocenters. The van der Waals surface area contributed by atoms with Crippen molar-refractivity contribution in [3.05, 3.63) is 66.5 Å². The maximum Gasteiger partial charge on any atom is 0.241 e. The van der Waals surface area contributed by atoms with E-state index in [1.807, 2.05) is 30.3 Å². The van der Waals surface area contributed by atoms with Crippen LogP contribution in [0.4, 0.5) is 5.69 Å². The van der Waals surface area contributed by atoms with E-state index in [9.17, 15) is 8.42 Å². The van der Waals surface area contributed by atoms with E-state index in [0.717, 1.165) is 11.0 Å². The van der Waals surface area contributed by atoms with Crippen molar-refractivity contribution < 1.29 is 8.42 Å². The number of imidazole rings is 1. The number of hydrogen-bond acceptors (Lipinski definition) is 4. The van der Waals surface area contributed by atoms with Crippen molar-refractivity contribution in [1.29, 1.82) is 0 Å². The standard InChI is InChI=1S/C18H16N4O2S.2ClH/c19-14-7-3-6-13-12(14)5-4-10-17(13)25(23,24)20-11-18-21-15-8-1-2-9-16(15)22-18;;/h1-10,20H,11,19H2,(H,21,22);2*1H. The smallest absolute Gasteiger partial charge is 0.241 e. The van der Waals surface area contributed by atoms with Crippen LogP contribution in [0.2, 0.25) is 0 Å². The van der Waals surface area contributed by atoms with E-state index in [0.29, 0.717) is 22.3 Å². The Hall–Kier alpha value is -2.32. The number of nitrogen functional groups attached to an aromatic ring is 1. The molecule has 0 radical (unpaired) electrons. The summed E-state index contributed by atoms with van der Waals surface area (Å²) in [6.07, 6.45) is 0. The molecule has 4 N–H and O–H groups in total. The van der Waals surface area contributed by atoms with E-state index >= 15 is 0 Å². The average Bonchev–Trinajstić information content (AvgIpc) is 3.03. The molecule has 6 nitrogen and oxygen atoms in total. The van der Waals surface area contributed by atoms with Gasteiger partial charge in [0.05, 0.1) is 22.5 Å². The van der Waals surface area contributed by atoms with Crippen molar-refractivity contribution in [1.82, 2.24) is 14.7 Å². The first kappa shape index (κ1) is 21.0. The van der Waals surface area contributed by atoms with Crippen molar-refractivity contribution in [2.75, 3.05) is 5.73 Å². The first-order valence-electron chi connectivity index (χ1n) is 7.75. The van der Waals surface area contributed by atoms with Crippen molar-refractivity contribution in [2.24, 2.45) is 0 Å². The molecule has 3 aromatic carbocycles. The second-order valence-corrected chi connectivity index (χ2v) is 7.46. The van der Waals surface area contributed by atoms with Gasteiger partial charge in [0.15, 0.2) is 0 Å². The molecular weight excluding hydrogens is 407 g/mol. The summed E-state index contributed by atoms with van der Waals surface area (Å²) in [5.41, 5.74) is 8.16. The van der Waals surface area contributed by atoms with Gasteiger partial charge in [-0.15, -0.1) is 24.8 Å². The average molecular weight is 425 g/mol. The quantitative estimate of drug-likeness (QED) is 0.435. The highest BCUT2D eigenvalue weighted by Crippen LogP contribution is 2.27. The Bertz CT molecular complexity index is 1160. The number of halogens is 2. The van der Waals surface area contributed by atoms with Crippen LogP contribution in [0.3, 0.4) is 0 Å². The number of rotatable bonds is 4. The summed E-state index contributed by atoms with van der Waals surface area (Å²) in [6, 6.07) is 17.9. The molecular formula is C18H18Cl2N4O2S. The number of aromatic amines is 1. The van der Waals surface area contributed by atoms with Crippen LogP contribution >= 0.6 is 24.8 Å². The number of nitrogens with zero attached hydrogens (tertiary/aromatic N) is 1. The molecule has 0 spiro atoms. The summed E-state index contributed by atoms with van der Waals surface area (Å²) in [6.45, 7) is 0.0791. The second kappa shape index (κ2) is 8.14. The van der Waals surface area contributed by atoms with Crippen LogP contribution in [-0.2, 0) is 16.6 Å². The Labute approximate surface area is 169 Å². The lowest BCUT2D eigenvalue weighted by atomic mass is 10.1. The number of para-hydroxylation sites is 2. The van der Waals surface area contributed by atoms with Gasteiger partial charge in [0, 0.05) is 16.5 Å². The van der Waals surface area contributed by atoms with Gasteiger partial charge in [-0.05, 0) is 24.3 Å². The van der Waals surface area contributed by atoms with Crippen LogP contribution in [0.15, 0.2) is 65.6 Å². The molecule has 0 amide bonds. The molecule has 0 atom stereocenters. The number of hydrogen-bond donors (Lipinski definition) is 3. The zero-order valence-electron chi connectivity index (χ0n) is 14.0. The van der Waals surface area contributed by atoms with Gasteiger partial charge in [-0.1, -0.05) is 36.4 Å². The van der Waals surface area contributed by atoms with E-state index in [4.69, 9.17) is 5.73 Å². The third-order valence-electron chi connectivity index (χ3n) is 4.07. The molecule has 9 heteroatoms. The lowest BCUT2D eigenvalue weighted by Gasteiger charge is -2.10. The summed E-state index contributed by atoms with van der Waals surface area (Å²) in [7, 11) is -3.70. The molecule has 0 saturated carbocycles. The number of anilines is 1. The van der Waals surface area contributed by atoms with Crippen LogP contribution in [0.25, 0.3) is 21.8 Å². The number of fused-ring (bicyclic) bond motifs is 2. The normalized spacial score (nSPS) is 11.1. The van der Waals surface area contributed by atoms with Gasteiger partial charge < -0.3 is 10.7 Å². The monoisotopic (exact) mass is 424 g/mol. The number of nitrogens with one attached hydrogen (secondary N) is 2. The maximum atomic E-state index is 12.8. The number of aromatic nitrogens is 2. The largest absolute Gasteiger partial charge is 0.398 e. The summed E-state index contributed by atoms with van der Waals surface area (Å²) < 4.78 is 28.1. The molecule has 0 aliphatic rings. The highest BCUT2D eigenvalue weighted by Gasteiger charge is 2.18. The molecule has 1 heterocycles. The van der Waals surface area contributed by atoms with Crippen LogP contribution in [0, 0.1) is 0 Å². The van der Waals surface area contributed by atoms with Gasteiger partial charge in [-0.3, -0.25) is 0 Å². The number of H-pyrrole nitrogens is 1. The number of nitrogens with two attached hydrogens (primary N) is 1. The highest BCUT2D eigenvalue weighted by atomic mass is 35.5. The molecule has 0 saturated heterocycles. The lowest BCUT2D eigenvalue weighted by Crippen LogP contribution is -2.24. The third kappa shape index (κ3) is 4.01. The molecule has 4 rings (SSSR count). The van der Waals surface area contributed by atoms with Gasteiger partial charge in [0.1, 0.15) is 5.82 Å². The van der Waals surface area contributed by atoms with Crippen molar-refractivity contribution in [2.45, 2.75) is 11.4 Å². The Morgan fingerprint density at radius 2 is 1.63 bits per heavy atom. The zero-order chi connectivity index (χ0) is 17.4. The summed E-state index contributed by atoms with van der Waals surface area (Å²) >= 11 is 0. The van der Waals surface area contributed by atoms with E-state index in [-0.39, 0.29) is 36.3 Å².